The zero-order valence-corrected chi connectivity index (χ0v) is 14.1. The van der Waals surface area contributed by atoms with Gasteiger partial charge in [0.05, 0.1) is 4.47 Å². The third-order valence-electron chi connectivity index (χ3n) is 3.20. The lowest BCUT2D eigenvalue weighted by Gasteiger charge is -2.11. The van der Waals surface area contributed by atoms with Crippen molar-refractivity contribution in [1.29, 1.82) is 0 Å². The van der Waals surface area contributed by atoms with Crippen LogP contribution in [0.1, 0.15) is 5.56 Å². The monoisotopic (exact) mass is 408 g/mol. The molecule has 3 aromatic rings. The molecule has 0 unspecified atom stereocenters. The lowest BCUT2D eigenvalue weighted by Crippen LogP contribution is -1.91. The predicted octanol–water partition coefficient (Wildman–Crippen LogP) is 6.43. The van der Waals surface area contributed by atoms with Gasteiger partial charge in [-0.1, -0.05) is 52.3 Å². The second-order valence-corrected chi connectivity index (χ2v) is 5.95. The van der Waals surface area contributed by atoms with E-state index in [4.69, 9.17) is 4.74 Å². The zero-order valence-electron chi connectivity index (χ0n) is 10.9. The van der Waals surface area contributed by atoms with Crippen molar-refractivity contribution in [3.63, 3.8) is 0 Å². The first-order valence-electron chi connectivity index (χ1n) is 6.38. The molecule has 0 radical (unpaired) electrons. The summed E-state index contributed by atoms with van der Waals surface area (Å²) in [6.07, 6.45) is 0. The third-order valence-corrected chi connectivity index (χ3v) is 4.66. The molecule has 0 atom stereocenters. The van der Waals surface area contributed by atoms with Crippen LogP contribution < -0.4 is 4.74 Å². The number of ether oxygens (including phenoxy) is 1. The van der Waals surface area contributed by atoms with Gasteiger partial charge in [-0.2, -0.15) is 0 Å². The minimum atomic E-state index is -0.369. The Morgan fingerprint density at radius 2 is 1.71 bits per heavy atom. The first kappa shape index (κ1) is 14.5. The van der Waals surface area contributed by atoms with Crippen molar-refractivity contribution in [2.45, 2.75) is 5.33 Å². The molecule has 0 saturated carbocycles. The fraction of sp³-hybridized carbons (Fsp3) is 0.0588. The highest BCUT2D eigenvalue weighted by Gasteiger charge is 2.10. The summed E-state index contributed by atoms with van der Waals surface area (Å²) in [7, 11) is 0. The van der Waals surface area contributed by atoms with E-state index in [1.807, 2.05) is 42.5 Å². The second-order valence-electron chi connectivity index (χ2n) is 4.60. The Balaban J connectivity index is 2.00. The summed E-state index contributed by atoms with van der Waals surface area (Å²) < 4.78 is 20.5. The van der Waals surface area contributed by atoms with Crippen molar-refractivity contribution >= 4 is 42.6 Å². The molecular formula is C17H11Br2FO. The van der Waals surface area contributed by atoms with Crippen molar-refractivity contribution in [2.24, 2.45) is 0 Å². The van der Waals surface area contributed by atoms with Gasteiger partial charge in [-0.15, -0.1) is 0 Å². The molecule has 0 aromatic heterocycles. The Morgan fingerprint density at radius 1 is 0.952 bits per heavy atom. The number of hydrogen-bond donors (Lipinski definition) is 0. The van der Waals surface area contributed by atoms with E-state index in [9.17, 15) is 4.39 Å². The number of halogens is 3. The van der Waals surface area contributed by atoms with Crippen molar-refractivity contribution in [3.8, 4) is 11.5 Å². The molecule has 0 amide bonds. The highest BCUT2D eigenvalue weighted by atomic mass is 79.9. The Hall–Kier alpha value is -1.39. The molecule has 0 aliphatic rings. The van der Waals surface area contributed by atoms with Crippen molar-refractivity contribution < 1.29 is 9.13 Å². The molecule has 0 spiro atoms. The van der Waals surface area contributed by atoms with E-state index in [0.717, 1.165) is 20.8 Å². The van der Waals surface area contributed by atoms with Crippen LogP contribution in [0.15, 0.2) is 59.1 Å². The number of rotatable bonds is 3. The van der Waals surface area contributed by atoms with Gasteiger partial charge in [0.15, 0.2) is 11.6 Å². The lowest BCUT2D eigenvalue weighted by molar-refractivity contribution is 0.440. The van der Waals surface area contributed by atoms with E-state index in [2.05, 4.69) is 31.9 Å². The van der Waals surface area contributed by atoms with Crippen LogP contribution in [-0.2, 0) is 5.33 Å². The molecule has 0 N–H and O–H groups in total. The molecule has 3 rings (SSSR count). The van der Waals surface area contributed by atoms with Crippen LogP contribution in [0.4, 0.5) is 4.39 Å². The van der Waals surface area contributed by atoms with Crippen LogP contribution in [0.25, 0.3) is 10.8 Å². The molecule has 21 heavy (non-hydrogen) atoms. The summed E-state index contributed by atoms with van der Waals surface area (Å²) in [4.78, 5) is 0. The SMILES string of the molecule is Fc1cc(CBr)ccc1Oc1ccc2ccccc2c1Br. The number of benzene rings is 3. The van der Waals surface area contributed by atoms with Crippen molar-refractivity contribution in [1.82, 2.24) is 0 Å². The number of hydrogen-bond acceptors (Lipinski definition) is 1. The van der Waals surface area contributed by atoms with E-state index < -0.39 is 0 Å². The molecule has 0 bridgehead atoms. The van der Waals surface area contributed by atoms with Gasteiger partial charge in [0, 0.05) is 5.33 Å². The van der Waals surface area contributed by atoms with E-state index in [0.29, 0.717) is 11.1 Å². The molecule has 3 aromatic carbocycles. The van der Waals surface area contributed by atoms with Gasteiger partial charge in [-0.25, -0.2) is 4.39 Å². The van der Waals surface area contributed by atoms with E-state index in [-0.39, 0.29) is 11.6 Å². The van der Waals surface area contributed by atoms with Gasteiger partial charge in [0.25, 0.3) is 0 Å². The van der Waals surface area contributed by atoms with Crippen molar-refractivity contribution in [2.75, 3.05) is 0 Å². The van der Waals surface area contributed by atoms with Crippen LogP contribution in [0.2, 0.25) is 0 Å². The molecule has 4 heteroatoms. The minimum absolute atomic E-state index is 0.218. The standard InChI is InChI=1S/C17H11Br2FO/c18-10-11-5-7-15(14(20)9-11)21-16-8-6-12-3-1-2-4-13(12)17(16)19/h1-9H,10H2. The average Bonchev–Trinajstić information content (AvgIpc) is 2.52. The van der Waals surface area contributed by atoms with Gasteiger partial charge in [0.2, 0.25) is 0 Å². The summed E-state index contributed by atoms with van der Waals surface area (Å²) >= 11 is 6.84. The van der Waals surface area contributed by atoms with Crippen molar-refractivity contribution in [3.05, 3.63) is 70.5 Å². The topological polar surface area (TPSA) is 9.23 Å². The summed E-state index contributed by atoms with van der Waals surface area (Å²) in [5, 5.41) is 2.75. The van der Waals surface area contributed by atoms with Crippen LogP contribution in [0.3, 0.4) is 0 Å². The Morgan fingerprint density at radius 3 is 2.48 bits per heavy atom. The average molecular weight is 410 g/mol. The fourth-order valence-electron chi connectivity index (χ4n) is 2.12. The first-order valence-corrected chi connectivity index (χ1v) is 8.30. The van der Waals surface area contributed by atoms with Gasteiger partial charge < -0.3 is 4.74 Å². The van der Waals surface area contributed by atoms with E-state index in [1.165, 1.54) is 6.07 Å². The largest absolute Gasteiger partial charge is 0.453 e. The summed E-state index contributed by atoms with van der Waals surface area (Å²) in [6, 6.07) is 16.7. The Kier molecular flexibility index (Phi) is 4.27. The van der Waals surface area contributed by atoms with Crippen LogP contribution in [-0.4, -0.2) is 0 Å². The molecule has 0 heterocycles. The first-order chi connectivity index (χ1) is 10.2. The normalized spacial score (nSPS) is 10.8. The molecular weight excluding hydrogens is 399 g/mol. The van der Waals surface area contributed by atoms with Gasteiger partial charge in [-0.3, -0.25) is 0 Å². The second kappa shape index (κ2) is 6.16. The maximum atomic E-state index is 14.0. The summed E-state index contributed by atoms with van der Waals surface area (Å²) in [5.41, 5.74) is 0.873. The van der Waals surface area contributed by atoms with E-state index in [1.54, 1.807) is 6.07 Å². The molecule has 0 saturated heterocycles. The molecule has 0 aliphatic carbocycles. The quantitative estimate of drug-likeness (QED) is 0.453. The summed E-state index contributed by atoms with van der Waals surface area (Å²) in [5.74, 6) is 0.446. The molecule has 106 valence electrons. The third kappa shape index (κ3) is 2.97. The number of alkyl halides is 1. The van der Waals surface area contributed by atoms with Crippen LogP contribution in [0, 0.1) is 5.82 Å². The highest BCUT2D eigenvalue weighted by Crippen LogP contribution is 2.36. The minimum Gasteiger partial charge on any atom is -0.453 e. The van der Waals surface area contributed by atoms with E-state index >= 15 is 0 Å². The summed E-state index contributed by atoms with van der Waals surface area (Å²) in [6.45, 7) is 0. The van der Waals surface area contributed by atoms with Gasteiger partial charge in [0.1, 0.15) is 5.75 Å². The fourth-order valence-corrected chi connectivity index (χ4v) is 3.04. The van der Waals surface area contributed by atoms with Crippen LogP contribution in [0.5, 0.6) is 11.5 Å². The lowest BCUT2D eigenvalue weighted by atomic mass is 10.1. The highest BCUT2D eigenvalue weighted by molar-refractivity contribution is 9.10. The maximum Gasteiger partial charge on any atom is 0.166 e. The maximum absolute atomic E-state index is 14.0. The molecule has 1 nitrogen and oxygen atoms in total. The number of fused-ring (bicyclic) bond motifs is 1. The molecule has 0 fully saturated rings. The Labute approximate surface area is 139 Å². The van der Waals surface area contributed by atoms with Gasteiger partial charge >= 0.3 is 0 Å². The zero-order chi connectivity index (χ0) is 14.8. The Bertz CT molecular complexity index is 802. The van der Waals surface area contributed by atoms with Crippen LogP contribution >= 0.6 is 31.9 Å². The van der Waals surface area contributed by atoms with Gasteiger partial charge in [-0.05, 0) is 50.5 Å². The smallest absolute Gasteiger partial charge is 0.166 e. The predicted molar refractivity (Wildman–Crippen MR) is 90.8 cm³/mol. The molecule has 0 aliphatic heterocycles.